The largest absolute Gasteiger partial charge is 0.469 e. The molecule has 5 atom stereocenters. The molecular weight excluding hydrogens is 709 g/mol. The Morgan fingerprint density at radius 3 is 1.98 bits per heavy atom. The molecule has 6 nitrogen and oxygen atoms in total. The van der Waals surface area contributed by atoms with E-state index in [4.69, 9.17) is 32.4 Å². The van der Waals surface area contributed by atoms with E-state index in [0.717, 1.165) is 34.3 Å². The Balaban J connectivity index is 1.55. The van der Waals surface area contributed by atoms with Crippen molar-refractivity contribution in [3.63, 3.8) is 0 Å². The molecule has 9 heteroatoms. The maximum Gasteiger partial charge on any atom is 0.312 e. The monoisotopic (exact) mass is 757 g/mol. The number of piperidine rings is 1. The number of esters is 1. The average Bonchev–Trinajstić information content (AvgIpc) is 3.98. The lowest BCUT2D eigenvalue weighted by atomic mass is 9.63. The summed E-state index contributed by atoms with van der Waals surface area (Å²) >= 11 is 13.1. The van der Waals surface area contributed by atoms with Gasteiger partial charge in [-0.15, -0.1) is 0 Å². The fourth-order valence-electron chi connectivity index (χ4n) is 8.58. The molecule has 2 unspecified atom stereocenters. The summed E-state index contributed by atoms with van der Waals surface area (Å²) in [6, 6.07) is 35.7. The molecule has 4 aromatic rings. The van der Waals surface area contributed by atoms with Gasteiger partial charge in [-0.05, 0) is 82.9 Å². The van der Waals surface area contributed by atoms with Crippen molar-refractivity contribution < 1.29 is 23.9 Å². The molecule has 0 aromatic heterocycles. The van der Waals surface area contributed by atoms with Crippen LogP contribution in [-0.2, 0) is 18.8 Å². The van der Waals surface area contributed by atoms with Crippen LogP contribution >= 0.6 is 23.2 Å². The second kappa shape index (κ2) is 15.5. The van der Waals surface area contributed by atoms with Gasteiger partial charge < -0.3 is 19.2 Å². The topological polar surface area (TPSA) is 76.1 Å². The Kier molecular flexibility index (Phi) is 11.4. The minimum Gasteiger partial charge on any atom is -0.469 e. The first-order chi connectivity index (χ1) is 24.9. The molecule has 1 saturated carbocycles. The van der Waals surface area contributed by atoms with Crippen molar-refractivity contribution in [2.24, 2.45) is 17.3 Å². The average molecular weight is 759 g/mol. The highest BCUT2D eigenvalue weighted by atomic mass is 35.5. The highest BCUT2D eigenvalue weighted by Gasteiger charge is 2.59. The second-order valence-electron chi connectivity index (χ2n) is 15.6. The molecule has 2 fully saturated rings. The van der Waals surface area contributed by atoms with Crippen LogP contribution < -0.4 is 10.4 Å². The van der Waals surface area contributed by atoms with E-state index in [2.05, 4.69) is 69.3 Å². The number of benzene rings is 4. The molecule has 0 bridgehead atoms. The van der Waals surface area contributed by atoms with Gasteiger partial charge in [-0.1, -0.05) is 129 Å². The van der Waals surface area contributed by atoms with E-state index < -0.39 is 38.3 Å². The number of carbonyl (C=O) groups is 2. The number of hydrogen-bond acceptors (Lipinski definition) is 5. The minimum absolute atomic E-state index is 0.185. The zero-order valence-corrected chi connectivity index (χ0v) is 33.1. The lowest BCUT2D eigenvalue weighted by Crippen LogP contribution is -2.68. The molecule has 2 aliphatic rings. The first-order valence-electron chi connectivity index (χ1n) is 18.1. The molecule has 4 aromatic carbocycles. The van der Waals surface area contributed by atoms with Crippen molar-refractivity contribution in [3.05, 3.63) is 130 Å². The van der Waals surface area contributed by atoms with Crippen LogP contribution in [0.3, 0.4) is 0 Å². The number of carbonyl (C=O) groups excluding carboxylic acids is 2. The smallest absolute Gasteiger partial charge is 0.312 e. The third-order valence-corrected chi connectivity index (χ3v) is 16.9. The van der Waals surface area contributed by atoms with Crippen molar-refractivity contribution in [1.82, 2.24) is 4.90 Å². The van der Waals surface area contributed by atoms with Crippen LogP contribution in [0.1, 0.15) is 70.0 Å². The molecule has 1 heterocycles. The maximum atomic E-state index is 15.5. The van der Waals surface area contributed by atoms with Crippen molar-refractivity contribution in [3.8, 4) is 0 Å². The quantitative estimate of drug-likeness (QED) is 0.117. The predicted molar refractivity (Wildman–Crippen MR) is 211 cm³/mol. The van der Waals surface area contributed by atoms with Crippen LogP contribution in [0.15, 0.2) is 109 Å². The van der Waals surface area contributed by atoms with Gasteiger partial charge in [0.2, 0.25) is 5.91 Å². The summed E-state index contributed by atoms with van der Waals surface area (Å²) in [6.45, 7) is 8.34. The Hall–Kier alpha value is -3.46. The van der Waals surface area contributed by atoms with E-state index in [9.17, 15) is 9.90 Å². The zero-order chi connectivity index (χ0) is 37.3. The number of rotatable bonds is 12. The highest BCUT2D eigenvalue weighted by molar-refractivity contribution is 6.99. The Labute approximate surface area is 319 Å². The van der Waals surface area contributed by atoms with Gasteiger partial charge in [0.1, 0.15) is 0 Å². The first kappa shape index (κ1) is 38.3. The normalized spacial score (nSPS) is 22.2. The van der Waals surface area contributed by atoms with Crippen LogP contribution in [0.4, 0.5) is 0 Å². The van der Waals surface area contributed by atoms with Gasteiger partial charge in [0.25, 0.3) is 8.32 Å². The molecule has 1 saturated heterocycles. The van der Waals surface area contributed by atoms with Crippen molar-refractivity contribution >= 4 is 53.8 Å². The summed E-state index contributed by atoms with van der Waals surface area (Å²) in [5, 5.41) is 14.0. The molecule has 274 valence electrons. The molecule has 1 N–H and O–H groups in total. The number of ether oxygens (including phenoxy) is 1. The van der Waals surface area contributed by atoms with Gasteiger partial charge in [0.15, 0.2) is 0 Å². The number of likely N-dealkylation sites (tertiary alicyclic amines) is 1. The standard InChI is InChI=1S/C43H49Cl2NO5Si/c1-42(2,3)52(34-15-8-6-9-16-34,35-17-10-7-11-18-35)51-28-38(29-19-20-29)46-39(30-21-23-32(44)24-22-30)36(31-13-12-14-33(45)25-31)26-43(4,41(46)49)37(27-47)40(48)50-5/h6-18,21-25,29,36-39,47H,19-20,26-28H2,1-5H3/t36?,37?,38-,39-,43-/m1/s1. The Bertz CT molecular complexity index is 1810. The molecule has 0 spiro atoms. The predicted octanol–water partition coefficient (Wildman–Crippen LogP) is 8.19. The number of aliphatic hydroxyl groups is 1. The fourth-order valence-corrected chi connectivity index (χ4v) is 13.5. The number of halogens is 2. The number of nitrogens with zero attached hydrogens (tertiary/aromatic N) is 1. The van der Waals surface area contributed by atoms with Gasteiger partial charge in [-0.2, -0.15) is 0 Å². The Morgan fingerprint density at radius 1 is 0.885 bits per heavy atom. The van der Waals surface area contributed by atoms with Crippen molar-refractivity contribution in [1.29, 1.82) is 0 Å². The van der Waals surface area contributed by atoms with Crippen LogP contribution in [0.5, 0.6) is 0 Å². The summed E-state index contributed by atoms with van der Waals surface area (Å²) in [5.41, 5.74) is 0.585. The first-order valence-corrected chi connectivity index (χ1v) is 20.8. The lowest BCUT2D eigenvalue weighted by Gasteiger charge is -2.54. The highest BCUT2D eigenvalue weighted by Crippen LogP contribution is 2.55. The summed E-state index contributed by atoms with van der Waals surface area (Å²) in [4.78, 5) is 30.9. The molecule has 1 aliphatic carbocycles. The van der Waals surface area contributed by atoms with Crippen molar-refractivity contribution in [2.75, 3.05) is 20.3 Å². The minimum atomic E-state index is -2.99. The van der Waals surface area contributed by atoms with E-state index in [0.29, 0.717) is 23.1 Å². The van der Waals surface area contributed by atoms with Gasteiger partial charge in [0, 0.05) is 16.0 Å². The molecule has 6 rings (SSSR count). The summed E-state index contributed by atoms with van der Waals surface area (Å²) in [5.74, 6) is -1.98. The number of methoxy groups -OCH3 is 1. The van der Waals surface area contributed by atoms with E-state index in [-0.39, 0.29) is 28.8 Å². The molecule has 1 amide bonds. The van der Waals surface area contributed by atoms with Crippen molar-refractivity contribution in [2.45, 2.75) is 70.0 Å². The SMILES string of the molecule is COC(=O)C(CO)[C@@]1(C)CC(c2cccc(Cl)c2)[C@@H](c2ccc(Cl)cc2)N([C@H](CO[Si](c2ccccc2)(c2ccccc2)C(C)(C)C)C2CC2)C1=O. The van der Waals surface area contributed by atoms with Gasteiger partial charge in [0.05, 0.1) is 43.7 Å². The maximum absolute atomic E-state index is 15.5. The van der Waals surface area contributed by atoms with Crippen LogP contribution in [0, 0.1) is 17.3 Å². The zero-order valence-electron chi connectivity index (χ0n) is 30.6. The molecule has 52 heavy (non-hydrogen) atoms. The Morgan fingerprint density at radius 2 is 1.48 bits per heavy atom. The van der Waals surface area contributed by atoms with Gasteiger partial charge in [-0.3, -0.25) is 9.59 Å². The number of hydrogen-bond donors (Lipinski definition) is 1. The second-order valence-corrected chi connectivity index (χ2v) is 20.8. The van der Waals surface area contributed by atoms with E-state index in [1.54, 1.807) is 0 Å². The molecular formula is C43H49Cl2NO5Si. The summed E-state index contributed by atoms with van der Waals surface area (Å²) < 4.78 is 12.8. The number of aliphatic hydroxyl groups excluding tert-OH is 1. The van der Waals surface area contributed by atoms with E-state index in [1.807, 2.05) is 72.5 Å². The van der Waals surface area contributed by atoms with E-state index in [1.165, 1.54) is 7.11 Å². The summed E-state index contributed by atoms with van der Waals surface area (Å²) in [6.07, 6.45) is 2.19. The lowest BCUT2D eigenvalue weighted by molar-refractivity contribution is -0.172. The van der Waals surface area contributed by atoms with Crippen LogP contribution in [0.25, 0.3) is 0 Å². The van der Waals surface area contributed by atoms with E-state index >= 15 is 4.79 Å². The fraction of sp³-hybridized carbons (Fsp3) is 0.395. The van der Waals surface area contributed by atoms with Crippen LogP contribution in [-0.4, -0.2) is 56.6 Å². The third kappa shape index (κ3) is 7.23. The third-order valence-electron chi connectivity index (χ3n) is 11.4. The number of amides is 1. The van der Waals surface area contributed by atoms with Gasteiger partial charge >= 0.3 is 5.97 Å². The van der Waals surface area contributed by atoms with Crippen LogP contribution in [0.2, 0.25) is 15.1 Å². The van der Waals surface area contributed by atoms with Gasteiger partial charge in [-0.25, -0.2) is 0 Å². The molecule has 1 aliphatic heterocycles. The molecule has 0 radical (unpaired) electrons. The summed E-state index contributed by atoms with van der Waals surface area (Å²) in [7, 11) is -1.69.